The number of primary amides is 2. The Kier molecular flexibility index (Phi) is 15.6. The predicted octanol–water partition coefficient (Wildman–Crippen LogP) is 3.94. The lowest BCUT2D eigenvalue weighted by atomic mass is 10.1. The SMILES string of the molecule is CCn1nc(C)cc1C(=O)Nc1nc2cc(C(N)=O)cc(OCCCN(C)C(=O)CCN3C(=O)CC(SC[C@H](N)C(=O)O)C3=O)c2n1C[C@@H]1C[C@H]1Cn1c2nc(-c3cc(C)nn3CC)ccc2c2cc(C(N)=O)cc(OC)c21. The lowest BCUT2D eigenvalue weighted by Crippen LogP contribution is -2.37. The average Bonchev–Trinajstić information content (AvgIpc) is 3.90. The molecule has 1 aliphatic heterocycles. The second kappa shape index (κ2) is 22.3. The van der Waals surface area contributed by atoms with E-state index in [0.29, 0.717) is 72.0 Å². The monoisotopic (exact) mass is 1090 g/mol. The Hall–Kier alpha value is -8.32. The Balaban J connectivity index is 0.981. The molecule has 2 fully saturated rings. The molecule has 25 heteroatoms. The molecule has 6 heterocycles. The first kappa shape index (κ1) is 54.5. The molecule has 2 aliphatic rings. The van der Waals surface area contributed by atoms with Crippen LogP contribution in [0.3, 0.4) is 0 Å². The number of rotatable bonds is 24. The Labute approximate surface area is 451 Å². The largest absolute Gasteiger partial charge is 0.495 e. The Morgan fingerprint density at radius 2 is 1.55 bits per heavy atom. The van der Waals surface area contributed by atoms with E-state index in [1.54, 1.807) is 50.0 Å². The number of imidazole rings is 1. The summed E-state index contributed by atoms with van der Waals surface area (Å²) in [5.41, 5.74) is 23.4. The molecule has 1 unspecified atom stereocenters. The zero-order valence-electron chi connectivity index (χ0n) is 44.1. The quantitative estimate of drug-likeness (QED) is 0.0423. The smallest absolute Gasteiger partial charge is 0.321 e. The number of pyridine rings is 1. The number of benzene rings is 2. The summed E-state index contributed by atoms with van der Waals surface area (Å²) >= 11 is 1.01. The molecule has 5 aromatic heterocycles. The van der Waals surface area contributed by atoms with Gasteiger partial charge in [-0.3, -0.25) is 53.1 Å². The van der Waals surface area contributed by atoms with Crippen LogP contribution in [0.2, 0.25) is 0 Å². The lowest BCUT2D eigenvalue weighted by molar-refractivity contribution is -0.140. The van der Waals surface area contributed by atoms with Gasteiger partial charge in [-0.1, -0.05) is 0 Å². The van der Waals surface area contributed by atoms with Crippen molar-refractivity contribution in [2.24, 2.45) is 29.0 Å². The summed E-state index contributed by atoms with van der Waals surface area (Å²) in [4.78, 5) is 102. The van der Waals surface area contributed by atoms with Gasteiger partial charge in [0.2, 0.25) is 35.5 Å². The normalized spacial score (nSPS) is 16.6. The van der Waals surface area contributed by atoms with Gasteiger partial charge in [0.15, 0.2) is 0 Å². The molecule has 7 aromatic rings. The van der Waals surface area contributed by atoms with Crippen molar-refractivity contribution >= 4 is 92.1 Å². The van der Waals surface area contributed by atoms with Gasteiger partial charge in [-0.2, -0.15) is 10.2 Å². The number of anilines is 1. The van der Waals surface area contributed by atoms with Gasteiger partial charge in [-0.25, -0.2) is 9.97 Å². The molecule has 4 atom stereocenters. The number of hydrogen-bond acceptors (Lipinski definition) is 15. The number of imide groups is 1. The van der Waals surface area contributed by atoms with Gasteiger partial charge < -0.3 is 45.8 Å². The molecule has 410 valence electrons. The maximum atomic E-state index is 14.1. The number of nitrogens with one attached hydrogen (secondary N) is 1. The van der Waals surface area contributed by atoms with Crippen LogP contribution in [0, 0.1) is 25.7 Å². The molecular weight excluding hydrogens is 1020 g/mol. The lowest BCUT2D eigenvalue weighted by Gasteiger charge is -2.20. The van der Waals surface area contributed by atoms with Crippen LogP contribution in [0.5, 0.6) is 11.5 Å². The highest BCUT2D eigenvalue weighted by molar-refractivity contribution is 8.00. The van der Waals surface area contributed by atoms with Crippen molar-refractivity contribution in [3.63, 3.8) is 0 Å². The van der Waals surface area contributed by atoms with Crippen molar-refractivity contribution in [1.29, 1.82) is 0 Å². The number of carboxylic acid groups (broad SMARTS) is 1. The number of aryl methyl sites for hydroxylation is 4. The molecule has 0 bridgehead atoms. The van der Waals surface area contributed by atoms with Gasteiger partial charge in [0.1, 0.15) is 34.4 Å². The number of aromatic nitrogens is 8. The first-order chi connectivity index (χ1) is 37.3. The van der Waals surface area contributed by atoms with Crippen molar-refractivity contribution in [3.05, 3.63) is 76.7 Å². The van der Waals surface area contributed by atoms with Gasteiger partial charge in [0.05, 0.1) is 52.8 Å². The van der Waals surface area contributed by atoms with E-state index in [2.05, 4.69) is 20.1 Å². The van der Waals surface area contributed by atoms with E-state index in [-0.39, 0.29) is 73.3 Å². The van der Waals surface area contributed by atoms with Crippen LogP contribution < -0.4 is 32.0 Å². The van der Waals surface area contributed by atoms with E-state index >= 15 is 0 Å². The number of methoxy groups -OCH3 is 1. The third kappa shape index (κ3) is 11.0. The van der Waals surface area contributed by atoms with E-state index in [0.717, 1.165) is 56.5 Å². The van der Waals surface area contributed by atoms with Crippen molar-refractivity contribution in [2.45, 2.75) is 90.8 Å². The van der Waals surface area contributed by atoms with Crippen LogP contribution in [0.1, 0.15) is 82.1 Å². The fourth-order valence-corrected chi connectivity index (χ4v) is 11.2. The zero-order chi connectivity index (χ0) is 55.9. The van der Waals surface area contributed by atoms with Gasteiger partial charge >= 0.3 is 5.97 Å². The fraction of sp³-hybridized carbons (Fsp3) is 0.415. The van der Waals surface area contributed by atoms with Crippen molar-refractivity contribution in [2.75, 3.05) is 44.9 Å². The number of carbonyl (C=O) groups is 7. The summed E-state index contributed by atoms with van der Waals surface area (Å²) in [6.07, 6.45) is 0.859. The highest BCUT2D eigenvalue weighted by Crippen LogP contribution is 2.46. The Bertz CT molecular complexity index is 3560. The minimum atomic E-state index is -1.21. The first-order valence-electron chi connectivity index (χ1n) is 25.6. The third-order valence-corrected chi connectivity index (χ3v) is 15.6. The number of nitrogens with zero attached hydrogens (tertiary/aromatic N) is 10. The molecule has 78 heavy (non-hydrogen) atoms. The molecule has 0 spiro atoms. The molecular formula is C53H62N14O10S. The third-order valence-electron chi connectivity index (χ3n) is 14.3. The molecule has 0 radical (unpaired) electrons. The van der Waals surface area contributed by atoms with E-state index in [9.17, 15) is 33.6 Å². The van der Waals surface area contributed by atoms with Gasteiger partial charge in [0, 0.05) is 86.8 Å². The summed E-state index contributed by atoms with van der Waals surface area (Å²) < 4.78 is 19.9. The van der Waals surface area contributed by atoms with Crippen LogP contribution in [-0.2, 0) is 45.4 Å². The number of hydrogen-bond donors (Lipinski definition) is 5. The van der Waals surface area contributed by atoms with Crippen LogP contribution in [-0.4, -0.2) is 146 Å². The van der Waals surface area contributed by atoms with Gasteiger partial charge in [-0.15, -0.1) is 11.8 Å². The number of carbonyl (C=O) groups excluding carboxylic acids is 6. The second-order valence-corrected chi connectivity index (χ2v) is 20.9. The van der Waals surface area contributed by atoms with Crippen molar-refractivity contribution in [3.8, 4) is 22.9 Å². The average molecular weight is 1090 g/mol. The van der Waals surface area contributed by atoms with Crippen LogP contribution in [0.15, 0.2) is 48.5 Å². The maximum absolute atomic E-state index is 14.1. The van der Waals surface area contributed by atoms with Gasteiger partial charge in [-0.05, 0) is 101 Å². The summed E-state index contributed by atoms with van der Waals surface area (Å²) in [5, 5.41) is 22.0. The molecule has 2 aromatic carbocycles. The number of aliphatic carboxylic acids is 1. The highest BCUT2D eigenvalue weighted by Gasteiger charge is 2.41. The molecule has 1 aliphatic carbocycles. The first-order valence-corrected chi connectivity index (χ1v) is 26.7. The summed E-state index contributed by atoms with van der Waals surface area (Å²) in [6.45, 7) is 9.76. The van der Waals surface area contributed by atoms with E-state index in [1.165, 1.54) is 11.0 Å². The zero-order valence-corrected chi connectivity index (χ0v) is 45.0. The van der Waals surface area contributed by atoms with Crippen LogP contribution in [0.25, 0.3) is 44.4 Å². The standard InChI is InChI=1S/C53H62N14O10S/c1-7-66-38(16-27(3)60-66)36-11-10-33-34-19-29(47(55)70)21-40(76-6)45(34)64(49(33)57-36)24-31-18-32(31)25-65-46-37(58-53(65)59-50(72)39-17-28(4)61-67(39)8-2)20-30(48(56)71)22-41(46)77-15-9-13-62(5)43(68)12-14-63-44(69)23-42(51(63)73)78-26-35(54)52(74)75/h10-11,16-17,19-22,31-32,35,42H,7-9,12-15,18,23-26,54H2,1-6H3,(H2,55,70)(H2,56,71)(H,74,75)(H,58,59,72)/t31-,32-,35-,42?/m0/s1. The molecule has 24 nitrogen and oxygen atoms in total. The Morgan fingerprint density at radius 1 is 0.872 bits per heavy atom. The predicted molar refractivity (Wildman–Crippen MR) is 290 cm³/mol. The number of thioether (sulfide) groups is 1. The summed E-state index contributed by atoms with van der Waals surface area (Å²) in [5.74, 6) is -3.25. The summed E-state index contributed by atoms with van der Waals surface area (Å²) in [6, 6.07) is 12.9. The second-order valence-electron chi connectivity index (χ2n) is 19.7. The highest BCUT2D eigenvalue weighted by atomic mass is 32.2. The molecule has 1 saturated carbocycles. The number of amides is 6. The molecule has 9 rings (SSSR count). The minimum absolute atomic E-state index is 0.0200. The van der Waals surface area contributed by atoms with E-state index in [1.807, 2.05) is 48.2 Å². The minimum Gasteiger partial charge on any atom is -0.495 e. The number of carboxylic acids is 1. The van der Waals surface area contributed by atoms with Crippen LogP contribution >= 0.6 is 11.8 Å². The number of fused-ring (bicyclic) bond motifs is 4. The van der Waals surface area contributed by atoms with Crippen molar-refractivity contribution < 1.29 is 48.1 Å². The van der Waals surface area contributed by atoms with Crippen molar-refractivity contribution in [1.82, 2.24) is 48.5 Å². The molecule has 6 amide bonds. The molecule has 8 N–H and O–H groups in total. The van der Waals surface area contributed by atoms with Crippen LogP contribution in [0.4, 0.5) is 5.95 Å². The topological polar surface area (TPSA) is 326 Å². The molecule has 1 saturated heterocycles. The van der Waals surface area contributed by atoms with E-state index in [4.69, 9.17) is 41.7 Å². The fourth-order valence-electron chi connectivity index (χ4n) is 10.1. The number of nitrogens with two attached hydrogens (primary N) is 3. The summed E-state index contributed by atoms with van der Waals surface area (Å²) in [7, 11) is 3.15. The Morgan fingerprint density at radius 3 is 2.24 bits per heavy atom. The maximum Gasteiger partial charge on any atom is 0.321 e. The number of likely N-dealkylation sites (tertiary alicyclic amines) is 1. The number of ether oxygens (including phenoxy) is 2. The van der Waals surface area contributed by atoms with Gasteiger partial charge in [0.25, 0.3) is 5.91 Å². The van der Waals surface area contributed by atoms with E-state index < -0.39 is 46.8 Å².